The van der Waals surface area contributed by atoms with Crippen molar-refractivity contribution in [3.8, 4) is 0 Å². The molecule has 0 atom stereocenters. The van der Waals surface area contributed by atoms with Crippen LogP contribution in [0.2, 0.25) is 0 Å². The van der Waals surface area contributed by atoms with E-state index in [0.717, 1.165) is 6.07 Å². The summed E-state index contributed by atoms with van der Waals surface area (Å²) in [6.45, 7) is 4.95. The fourth-order valence-electron chi connectivity index (χ4n) is 1.97. The lowest BCUT2D eigenvalue weighted by Gasteiger charge is -2.07. The van der Waals surface area contributed by atoms with E-state index in [4.69, 9.17) is 0 Å². The zero-order valence-electron chi connectivity index (χ0n) is 10.9. The van der Waals surface area contributed by atoms with Crippen molar-refractivity contribution >= 4 is 5.78 Å². The zero-order valence-corrected chi connectivity index (χ0v) is 10.9. The summed E-state index contributed by atoms with van der Waals surface area (Å²) < 4.78 is 27.6. The number of hydrogen-bond acceptors (Lipinski definition) is 2. The number of aromatic nitrogens is 1. The molecule has 0 bridgehead atoms. The molecule has 2 nitrogen and oxygen atoms in total. The summed E-state index contributed by atoms with van der Waals surface area (Å²) in [6.07, 6.45) is 0. The molecule has 0 N–H and O–H groups in total. The van der Waals surface area contributed by atoms with Crippen LogP contribution in [0.1, 0.15) is 32.9 Å². The smallest absolute Gasteiger partial charge is 0.199 e. The maximum atomic E-state index is 13.9. The Kier molecular flexibility index (Phi) is 3.42. The van der Waals surface area contributed by atoms with Crippen LogP contribution in [-0.4, -0.2) is 10.8 Å². The molecule has 0 aliphatic heterocycles. The van der Waals surface area contributed by atoms with E-state index >= 15 is 0 Å². The summed E-state index contributed by atoms with van der Waals surface area (Å²) in [4.78, 5) is 16.4. The van der Waals surface area contributed by atoms with Crippen LogP contribution in [0.5, 0.6) is 0 Å². The van der Waals surface area contributed by atoms with Gasteiger partial charge in [-0.3, -0.25) is 9.78 Å². The minimum absolute atomic E-state index is 0.243. The Balaban J connectivity index is 2.59. The van der Waals surface area contributed by atoms with E-state index in [2.05, 4.69) is 4.98 Å². The monoisotopic (exact) mass is 261 g/mol. The van der Waals surface area contributed by atoms with Gasteiger partial charge in [-0.2, -0.15) is 0 Å². The van der Waals surface area contributed by atoms with Crippen LogP contribution >= 0.6 is 0 Å². The van der Waals surface area contributed by atoms with Crippen molar-refractivity contribution in [2.45, 2.75) is 20.8 Å². The fourth-order valence-corrected chi connectivity index (χ4v) is 1.97. The first-order valence-electron chi connectivity index (χ1n) is 5.84. The number of nitrogens with zero attached hydrogens (tertiary/aromatic N) is 1. The number of aryl methyl sites for hydroxylation is 3. The van der Waals surface area contributed by atoms with Crippen molar-refractivity contribution in [1.82, 2.24) is 4.98 Å². The molecule has 0 saturated heterocycles. The molecule has 0 aliphatic carbocycles. The topological polar surface area (TPSA) is 30.0 Å². The minimum Gasteiger partial charge on any atom is -0.288 e. The van der Waals surface area contributed by atoms with Gasteiger partial charge in [0.2, 0.25) is 0 Å². The average Bonchev–Trinajstić information content (AvgIpc) is 2.33. The lowest BCUT2D eigenvalue weighted by Crippen LogP contribution is -2.10. The SMILES string of the molecule is Cc1cc(C(=O)c2c(F)ccc(C)c2F)cc(C)n1. The highest BCUT2D eigenvalue weighted by Crippen LogP contribution is 2.20. The van der Waals surface area contributed by atoms with Gasteiger partial charge in [0.1, 0.15) is 11.6 Å². The fraction of sp³-hybridized carbons (Fsp3) is 0.200. The normalized spacial score (nSPS) is 10.6. The molecule has 0 amide bonds. The van der Waals surface area contributed by atoms with Gasteiger partial charge in [0, 0.05) is 17.0 Å². The Labute approximate surface area is 110 Å². The highest BCUT2D eigenvalue weighted by atomic mass is 19.1. The van der Waals surface area contributed by atoms with Crippen LogP contribution in [0.15, 0.2) is 24.3 Å². The maximum Gasteiger partial charge on any atom is 0.199 e. The van der Waals surface area contributed by atoms with Crippen LogP contribution in [0, 0.1) is 32.4 Å². The zero-order chi connectivity index (χ0) is 14.2. The predicted octanol–water partition coefficient (Wildman–Crippen LogP) is 3.52. The number of halogens is 2. The van der Waals surface area contributed by atoms with E-state index in [1.54, 1.807) is 13.8 Å². The first kappa shape index (κ1) is 13.3. The average molecular weight is 261 g/mol. The van der Waals surface area contributed by atoms with Gasteiger partial charge in [-0.25, -0.2) is 8.78 Å². The lowest BCUT2D eigenvalue weighted by molar-refractivity contribution is 0.103. The van der Waals surface area contributed by atoms with Gasteiger partial charge in [0.25, 0.3) is 0 Å². The minimum atomic E-state index is -0.847. The van der Waals surface area contributed by atoms with E-state index < -0.39 is 23.0 Å². The molecular formula is C15H13F2NO. The second kappa shape index (κ2) is 4.88. The third kappa shape index (κ3) is 2.52. The quantitative estimate of drug-likeness (QED) is 0.774. The molecule has 0 aliphatic rings. The standard InChI is InChI=1S/C15H13F2NO/c1-8-4-5-12(16)13(14(8)17)15(19)11-6-9(2)18-10(3)7-11/h4-7H,1-3H3. The number of carbonyl (C=O) groups excluding carboxylic acids is 1. The van der Waals surface area contributed by atoms with Gasteiger partial charge < -0.3 is 0 Å². The van der Waals surface area contributed by atoms with Gasteiger partial charge in [0.05, 0.1) is 5.56 Å². The highest BCUT2D eigenvalue weighted by molar-refractivity contribution is 6.09. The Morgan fingerprint density at radius 3 is 2.21 bits per heavy atom. The number of pyridine rings is 1. The third-order valence-electron chi connectivity index (χ3n) is 2.85. The van der Waals surface area contributed by atoms with Crippen molar-refractivity contribution in [2.24, 2.45) is 0 Å². The van der Waals surface area contributed by atoms with E-state index in [9.17, 15) is 13.6 Å². The summed E-state index contributed by atoms with van der Waals surface area (Å²) >= 11 is 0. The lowest BCUT2D eigenvalue weighted by atomic mass is 10.00. The van der Waals surface area contributed by atoms with Crippen molar-refractivity contribution in [3.05, 3.63) is 64.0 Å². The summed E-state index contributed by atoms with van der Waals surface area (Å²) in [5.74, 6) is -2.32. The van der Waals surface area contributed by atoms with Crippen LogP contribution in [-0.2, 0) is 0 Å². The number of benzene rings is 1. The number of rotatable bonds is 2. The number of hydrogen-bond donors (Lipinski definition) is 0. The van der Waals surface area contributed by atoms with Gasteiger partial charge >= 0.3 is 0 Å². The Hall–Kier alpha value is -2.10. The van der Waals surface area contributed by atoms with E-state index in [1.165, 1.54) is 25.1 Å². The summed E-state index contributed by atoms with van der Waals surface area (Å²) in [5, 5.41) is 0. The van der Waals surface area contributed by atoms with Crippen LogP contribution in [0.4, 0.5) is 8.78 Å². The van der Waals surface area contributed by atoms with E-state index in [-0.39, 0.29) is 11.1 Å². The van der Waals surface area contributed by atoms with Crippen LogP contribution < -0.4 is 0 Å². The van der Waals surface area contributed by atoms with Gasteiger partial charge in [-0.1, -0.05) is 6.07 Å². The van der Waals surface area contributed by atoms with Crippen molar-refractivity contribution < 1.29 is 13.6 Å². The number of carbonyl (C=O) groups is 1. The molecule has 98 valence electrons. The Morgan fingerprint density at radius 1 is 1.05 bits per heavy atom. The van der Waals surface area contributed by atoms with Gasteiger partial charge in [-0.15, -0.1) is 0 Å². The molecular weight excluding hydrogens is 248 g/mol. The summed E-state index contributed by atoms with van der Waals surface area (Å²) in [7, 11) is 0. The van der Waals surface area contributed by atoms with E-state index in [1.807, 2.05) is 0 Å². The van der Waals surface area contributed by atoms with E-state index in [0.29, 0.717) is 11.4 Å². The second-order valence-corrected chi connectivity index (χ2v) is 4.52. The molecule has 0 radical (unpaired) electrons. The van der Waals surface area contributed by atoms with Crippen LogP contribution in [0.3, 0.4) is 0 Å². The molecule has 2 rings (SSSR count). The molecule has 0 spiro atoms. The van der Waals surface area contributed by atoms with Gasteiger partial charge in [0.15, 0.2) is 5.78 Å². The Bertz CT molecular complexity index is 645. The Morgan fingerprint density at radius 2 is 1.63 bits per heavy atom. The summed E-state index contributed by atoms with van der Waals surface area (Å²) in [5.41, 5.74) is 1.25. The second-order valence-electron chi connectivity index (χ2n) is 4.52. The van der Waals surface area contributed by atoms with Crippen molar-refractivity contribution in [1.29, 1.82) is 0 Å². The first-order valence-corrected chi connectivity index (χ1v) is 5.84. The molecule has 0 fully saturated rings. The van der Waals surface area contributed by atoms with Gasteiger partial charge in [-0.05, 0) is 44.5 Å². The largest absolute Gasteiger partial charge is 0.288 e. The maximum absolute atomic E-state index is 13.9. The highest BCUT2D eigenvalue weighted by Gasteiger charge is 2.21. The molecule has 1 aromatic heterocycles. The molecule has 1 heterocycles. The summed E-state index contributed by atoms with van der Waals surface area (Å²) in [6, 6.07) is 5.46. The predicted molar refractivity (Wildman–Crippen MR) is 68.2 cm³/mol. The number of ketones is 1. The molecule has 0 unspecified atom stereocenters. The first-order chi connectivity index (χ1) is 8.90. The molecule has 2 aromatic rings. The molecule has 1 aromatic carbocycles. The molecule has 19 heavy (non-hydrogen) atoms. The third-order valence-corrected chi connectivity index (χ3v) is 2.85. The molecule has 4 heteroatoms. The van der Waals surface area contributed by atoms with Crippen LogP contribution in [0.25, 0.3) is 0 Å². The van der Waals surface area contributed by atoms with Crippen molar-refractivity contribution in [2.75, 3.05) is 0 Å². The van der Waals surface area contributed by atoms with Crippen molar-refractivity contribution in [3.63, 3.8) is 0 Å². The molecule has 0 saturated carbocycles.